The molecule has 1 aromatic carbocycles. The van der Waals surface area contributed by atoms with Crippen molar-refractivity contribution in [3.63, 3.8) is 0 Å². The number of hydrazine groups is 1. The van der Waals surface area contributed by atoms with Gasteiger partial charge in [0.15, 0.2) is 12.9 Å². The molecule has 0 radical (unpaired) electrons. The number of nitrogens with one attached hydrogen (secondary N) is 2. The van der Waals surface area contributed by atoms with Crippen LogP contribution in [0, 0.1) is 5.92 Å². The van der Waals surface area contributed by atoms with Crippen LogP contribution in [0.2, 0.25) is 0 Å². The Hall–Kier alpha value is -3.54. The van der Waals surface area contributed by atoms with E-state index >= 15 is 0 Å². The van der Waals surface area contributed by atoms with E-state index in [4.69, 9.17) is 14.2 Å². The van der Waals surface area contributed by atoms with Gasteiger partial charge in [0.05, 0.1) is 18.7 Å². The molecule has 0 spiro atoms. The molecule has 35 heavy (non-hydrogen) atoms. The van der Waals surface area contributed by atoms with E-state index in [1.54, 1.807) is 5.01 Å². The Bertz CT molecular complexity index is 1000. The van der Waals surface area contributed by atoms with Crippen LogP contribution in [-0.4, -0.2) is 85.2 Å². The number of phenolic OH excluding ortho intramolecular Hbond substituents is 1. The van der Waals surface area contributed by atoms with Gasteiger partial charge in [-0.2, -0.15) is 5.10 Å². The summed E-state index contributed by atoms with van der Waals surface area (Å²) >= 11 is 0. The van der Waals surface area contributed by atoms with Crippen molar-refractivity contribution < 1.29 is 33.7 Å². The van der Waals surface area contributed by atoms with E-state index in [9.17, 15) is 19.5 Å². The number of methoxy groups -OCH3 is 1. The minimum Gasteiger partial charge on any atom is -0.507 e. The van der Waals surface area contributed by atoms with Crippen LogP contribution < -0.4 is 20.2 Å². The SMILES string of the molecule is COc1cc(O)c(C=O)c(OCC(=O)NC2=NNC([C@H]3CC[C@@H](OC(=O)N4CCCN4C)C3)C2)c1. The Morgan fingerprint density at radius 2 is 2.14 bits per heavy atom. The second-order valence-corrected chi connectivity index (χ2v) is 8.95. The summed E-state index contributed by atoms with van der Waals surface area (Å²) in [6.45, 7) is 1.17. The summed E-state index contributed by atoms with van der Waals surface area (Å²) in [5.41, 5.74) is 3.02. The third kappa shape index (κ3) is 5.76. The van der Waals surface area contributed by atoms with Crippen LogP contribution in [-0.2, 0) is 9.53 Å². The smallest absolute Gasteiger partial charge is 0.424 e. The molecule has 4 rings (SSSR count). The highest BCUT2D eigenvalue weighted by molar-refractivity contribution is 5.99. The molecule has 3 atom stereocenters. The highest BCUT2D eigenvalue weighted by Gasteiger charge is 2.37. The van der Waals surface area contributed by atoms with Crippen LogP contribution in [0.4, 0.5) is 4.79 Å². The highest BCUT2D eigenvalue weighted by atomic mass is 16.6. The molecule has 2 fully saturated rings. The minimum atomic E-state index is -0.446. The number of ether oxygens (including phenoxy) is 3. The quantitative estimate of drug-likeness (QED) is 0.482. The van der Waals surface area contributed by atoms with Gasteiger partial charge in [-0.1, -0.05) is 0 Å². The predicted molar refractivity (Wildman–Crippen MR) is 124 cm³/mol. The summed E-state index contributed by atoms with van der Waals surface area (Å²) in [5.74, 6) is 0.361. The molecule has 1 saturated heterocycles. The number of hydrazone groups is 1. The number of rotatable bonds is 7. The lowest BCUT2D eigenvalue weighted by atomic mass is 9.96. The summed E-state index contributed by atoms with van der Waals surface area (Å²) < 4.78 is 16.2. The Morgan fingerprint density at radius 3 is 2.86 bits per heavy atom. The van der Waals surface area contributed by atoms with Crippen LogP contribution in [0.1, 0.15) is 42.5 Å². The largest absolute Gasteiger partial charge is 0.507 e. The van der Waals surface area contributed by atoms with E-state index < -0.39 is 5.91 Å². The molecule has 12 nitrogen and oxygen atoms in total. The molecular formula is C23H31N5O7. The topological polar surface area (TPSA) is 142 Å². The minimum absolute atomic E-state index is 0.0429. The number of hydrogen-bond donors (Lipinski definition) is 3. The zero-order valence-electron chi connectivity index (χ0n) is 19.9. The molecule has 2 amide bonds. The van der Waals surface area contributed by atoms with Crippen LogP contribution >= 0.6 is 0 Å². The molecule has 0 bridgehead atoms. The molecule has 3 aliphatic rings. The first-order valence-corrected chi connectivity index (χ1v) is 11.7. The molecule has 1 aliphatic carbocycles. The Morgan fingerprint density at radius 1 is 1.31 bits per heavy atom. The monoisotopic (exact) mass is 489 g/mol. The molecule has 12 heteroatoms. The predicted octanol–water partition coefficient (Wildman–Crippen LogP) is 1.24. The second-order valence-electron chi connectivity index (χ2n) is 8.95. The van der Waals surface area contributed by atoms with Crippen LogP contribution in [0.5, 0.6) is 17.2 Å². The zero-order chi connectivity index (χ0) is 24.9. The van der Waals surface area contributed by atoms with Gasteiger partial charge >= 0.3 is 6.09 Å². The van der Waals surface area contributed by atoms with Gasteiger partial charge in [0.1, 0.15) is 29.2 Å². The molecule has 2 aliphatic heterocycles. The van der Waals surface area contributed by atoms with Crippen LogP contribution in [0.3, 0.4) is 0 Å². The fourth-order valence-corrected chi connectivity index (χ4v) is 4.72. The maximum atomic E-state index is 12.4. The number of aldehydes is 1. The molecule has 190 valence electrons. The van der Waals surface area contributed by atoms with Crippen molar-refractivity contribution in [3.05, 3.63) is 17.7 Å². The summed E-state index contributed by atoms with van der Waals surface area (Å²) in [7, 11) is 3.30. The van der Waals surface area contributed by atoms with E-state index in [2.05, 4.69) is 15.8 Å². The number of hydrogen-bond acceptors (Lipinski definition) is 10. The number of phenols is 1. The first-order chi connectivity index (χ1) is 16.9. The van der Waals surface area contributed by atoms with E-state index in [0.29, 0.717) is 30.8 Å². The van der Waals surface area contributed by atoms with Gasteiger partial charge in [0, 0.05) is 38.7 Å². The van der Waals surface area contributed by atoms with E-state index in [1.807, 2.05) is 12.1 Å². The fraction of sp³-hybridized carbons (Fsp3) is 0.565. The van der Waals surface area contributed by atoms with Crippen molar-refractivity contribution in [3.8, 4) is 17.2 Å². The number of amides is 2. The standard InChI is InChI=1S/C23H31N5O7/c1-27-6-3-7-28(27)23(32)35-15-5-4-14(8-15)18-11-21(26-25-18)24-22(31)13-34-20-10-16(33-2)9-19(30)17(20)12-29/h9-10,12,14-15,18,25,30H,3-8,11,13H2,1-2H3,(H,24,26,31)/t14-,15+,18?/m0/s1. The number of aromatic hydroxyl groups is 1. The molecular weight excluding hydrogens is 458 g/mol. The van der Waals surface area contributed by atoms with Gasteiger partial charge < -0.3 is 30.1 Å². The normalized spacial score (nSPS) is 24.0. The third-order valence-corrected chi connectivity index (χ3v) is 6.60. The second kappa shape index (κ2) is 10.8. The molecule has 1 saturated carbocycles. The number of amidine groups is 1. The Balaban J connectivity index is 1.22. The first-order valence-electron chi connectivity index (χ1n) is 11.7. The van der Waals surface area contributed by atoms with E-state index in [-0.39, 0.29) is 47.8 Å². The molecule has 0 aromatic heterocycles. The van der Waals surface area contributed by atoms with Gasteiger partial charge in [-0.3, -0.25) is 9.59 Å². The van der Waals surface area contributed by atoms with Gasteiger partial charge in [-0.15, -0.1) is 0 Å². The lowest BCUT2D eigenvalue weighted by Crippen LogP contribution is -2.40. The average molecular weight is 490 g/mol. The van der Waals surface area contributed by atoms with Crippen molar-refractivity contribution in [1.29, 1.82) is 0 Å². The lowest BCUT2D eigenvalue weighted by Gasteiger charge is -2.25. The van der Waals surface area contributed by atoms with Crippen molar-refractivity contribution >= 4 is 24.1 Å². The first kappa shape index (κ1) is 24.6. The molecule has 1 aromatic rings. The fourth-order valence-electron chi connectivity index (χ4n) is 4.72. The summed E-state index contributed by atoms with van der Waals surface area (Å²) in [5, 5.41) is 20.4. The maximum absolute atomic E-state index is 12.4. The summed E-state index contributed by atoms with van der Waals surface area (Å²) in [6.07, 6.45) is 3.96. The summed E-state index contributed by atoms with van der Waals surface area (Å²) in [6, 6.07) is 2.75. The summed E-state index contributed by atoms with van der Waals surface area (Å²) in [4.78, 5) is 36.0. The number of nitrogens with zero attached hydrogens (tertiary/aromatic N) is 3. The van der Waals surface area contributed by atoms with Crippen molar-refractivity contribution in [1.82, 2.24) is 20.8 Å². The third-order valence-electron chi connectivity index (χ3n) is 6.60. The average Bonchev–Trinajstić information content (AvgIpc) is 3.58. The van der Waals surface area contributed by atoms with Crippen molar-refractivity contribution in [2.75, 3.05) is 33.9 Å². The number of benzene rings is 1. The Kier molecular flexibility index (Phi) is 7.59. The highest BCUT2D eigenvalue weighted by Crippen LogP contribution is 2.34. The van der Waals surface area contributed by atoms with Crippen molar-refractivity contribution in [2.45, 2.75) is 44.2 Å². The van der Waals surface area contributed by atoms with Crippen LogP contribution in [0.15, 0.2) is 17.2 Å². The van der Waals surface area contributed by atoms with Crippen LogP contribution in [0.25, 0.3) is 0 Å². The van der Waals surface area contributed by atoms with Gasteiger partial charge in [0.2, 0.25) is 0 Å². The van der Waals surface area contributed by atoms with Gasteiger partial charge in [0.25, 0.3) is 5.91 Å². The van der Waals surface area contributed by atoms with E-state index in [0.717, 1.165) is 32.2 Å². The van der Waals surface area contributed by atoms with Crippen molar-refractivity contribution in [2.24, 2.45) is 11.0 Å². The van der Waals surface area contributed by atoms with E-state index in [1.165, 1.54) is 19.2 Å². The number of carbonyl (C=O) groups is 3. The Labute approximate surface area is 203 Å². The molecule has 1 unspecified atom stereocenters. The lowest BCUT2D eigenvalue weighted by molar-refractivity contribution is -0.121. The zero-order valence-corrected chi connectivity index (χ0v) is 19.9. The van der Waals surface area contributed by atoms with Gasteiger partial charge in [-0.05, 0) is 31.6 Å². The molecule has 3 N–H and O–H groups in total. The number of carbonyl (C=O) groups excluding carboxylic acids is 3. The maximum Gasteiger partial charge on any atom is 0.424 e. The van der Waals surface area contributed by atoms with Gasteiger partial charge in [-0.25, -0.2) is 14.8 Å². The molecule has 2 heterocycles.